The van der Waals surface area contributed by atoms with Gasteiger partial charge in [0, 0.05) is 26.3 Å². The van der Waals surface area contributed by atoms with Crippen molar-refractivity contribution in [2.24, 2.45) is 4.99 Å². The quantitative estimate of drug-likeness (QED) is 0.224. The lowest BCUT2D eigenvalue weighted by atomic mass is 10.2. The lowest BCUT2D eigenvalue weighted by Gasteiger charge is -2.12. The van der Waals surface area contributed by atoms with E-state index in [1.165, 1.54) is 7.05 Å². The van der Waals surface area contributed by atoms with Crippen LogP contribution in [-0.2, 0) is 23.0 Å². The fourth-order valence-corrected chi connectivity index (χ4v) is 3.03. The Morgan fingerprint density at radius 2 is 1.78 bits per heavy atom. The molecule has 0 saturated heterocycles. The van der Waals surface area contributed by atoms with Crippen LogP contribution in [0.2, 0.25) is 5.15 Å². The highest BCUT2D eigenvalue weighted by Gasteiger charge is 2.10. The van der Waals surface area contributed by atoms with Gasteiger partial charge in [0.1, 0.15) is 5.15 Å². The predicted octanol–water partition coefficient (Wildman–Crippen LogP) is 2.17. The summed E-state index contributed by atoms with van der Waals surface area (Å²) in [4.78, 5) is 8.46. The van der Waals surface area contributed by atoms with E-state index in [2.05, 4.69) is 25.3 Å². The molecule has 0 unspecified atom stereocenters. The third-order valence-electron chi connectivity index (χ3n) is 3.68. The third-order valence-corrected chi connectivity index (χ3v) is 5.33. The predicted molar refractivity (Wildman–Crippen MR) is 119 cm³/mol. The number of halogens is 2. The van der Waals surface area contributed by atoms with E-state index in [9.17, 15) is 8.42 Å². The van der Waals surface area contributed by atoms with Crippen LogP contribution in [0.15, 0.2) is 52.5 Å². The van der Waals surface area contributed by atoms with Gasteiger partial charge in [-0.2, -0.15) is 0 Å². The second-order valence-electron chi connectivity index (χ2n) is 5.44. The van der Waals surface area contributed by atoms with Crippen LogP contribution in [0.3, 0.4) is 0 Å². The monoisotopic (exact) mass is 523 g/mol. The van der Waals surface area contributed by atoms with E-state index in [0.717, 1.165) is 17.5 Å². The largest absolute Gasteiger partial charge is 0.356 e. The minimum absolute atomic E-state index is 0. The van der Waals surface area contributed by atoms with Crippen LogP contribution in [-0.4, -0.2) is 40.0 Å². The summed E-state index contributed by atoms with van der Waals surface area (Å²) in [6.07, 6.45) is 2.54. The van der Waals surface area contributed by atoms with E-state index in [1.54, 1.807) is 43.6 Å². The number of guanidine groups is 1. The van der Waals surface area contributed by atoms with Crippen LogP contribution in [0.25, 0.3) is 0 Å². The zero-order chi connectivity index (χ0) is 19.0. The van der Waals surface area contributed by atoms with E-state index in [4.69, 9.17) is 11.6 Å². The number of sulfonamides is 1. The zero-order valence-corrected chi connectivity index (χ0v) is 19.0. The number of nitrogens with one attached hydrogen (secondary N) is 3. The highest BCUT2D eigenvalue weighted by atomic mass is 127. The average molecular weight is 524 g/mol. The van der Waals surface area contributed by atoms with Crippen molar-refractivity contribution in [3.8, 4) is 0 Å². The van der Waals surface area contributed by atoms with Gasteiger partial charge in [-0.15, -0.1) is 24.0 Å². The minimum Gasteiger partial charge on any atom is -0.356 e. The van der Waals surface area contributed by atoms with Gasteiger partial charge in [0.25, 0.3) is 0 Å². The molecule has 0 spiro atoms. The lowest BCUT2D eigenvalue weighted by Crippen LogP contribution is -2.37. The van der Waals surface area contributed by atoms with Crippen LogP contribution in [0.1, 0.15) is 11.1 Å². The number of rotatable bonds is 7. The molecule has 148 valence electrons. The van der Waals surface area contributed by atoms with E-state index >= 15 is 0 Å². The molecule has 0 aliphatic heterocycles. The second kappa shape index (κ2) is 11.4. The van der Waals surface area contributed by atoms with Crippen molar-refractivity contribution in [1.82, 2.24) is 20.3 Å². The first kappa shape index (κ1) is 23.6. The smallest absolute Gasteiger partial charge is 0.240 e. The summed E-state index contributed by atoms with van der Waals surface area (Å²) >= 11 is 5.77. The van der Waals surface area contributed by atoms with Gasteiger partial charge in [-0.3, -0.25) is 4.99 Å². The number of hydrogen-bond acceptors (Lipinski definition) is 4. The molecule has 3 N–H and O–H groups in total. The first-order chi connectivity index (χ1) is 12.4. The van der Waals surface area contributed by atoms with Crippen molar-refractivity contribution in [1.29, 1.82) is 0 Å². The summed E-state index contributed by atoms with van der Waals surface area (Å²) in [5.41, 5.74) is 2.03. The molecule has 0 saturated carbocycles. The molecule has 0 radical (unpaired) electrons. The Morgan fingerprint density at radius 3 is 2.33 bits per heavy atom. The fraction of sp³-hybridized carbons (Fsp3) is 0.294. The zero-order valence-electron chi connectivity index (χ0n) is 15.1. The molecule has 0 bridgehead atoms. The van der Waals surface area contributed by atoms with Crippen molar-refractivity contribution in [2.75, 3.05) is 20.6 Å². The van der Waals surface area contributed by atoms with Gasteiger partial charge in [0.2, 0.25) is 10.0 Å². The Kier molecular flexibility index (Phi) is 9.99. The first-order valence-corrected chi connectivity index (χ1v) is 9.88. The molecule has 1 aromatic carbocycles. The van der Waals surface area contributed by atoms with Crippen molar-refractivity contribution < 1.29 is 8.42 Å². The molecular weight excluding hydrogens is 501 g/mol. The molecule has 0 aliphatic carbocycles. The molecule has 0 amide bonds. The summed E-state index contributed by atoms with van der Waals surface area (Å²) in [7, 11) is -0.326. The number of aromatic nitrogens is 1. The Morgan fingerprint density at radius 1 is 1.11 bits per heavy atom. The number of hydrogen-bond donors (Lipinski definition) is 3. The number of pyridine rings is 1. The Bertz CT molecular complexity index is 843. The molecular formula is C17H23ClIN5O2S. The van der Waals surface area contributed by atoms with Gasteiger partial charge in [-0.25, -0.2) is 18.1 Å². The Balaban J connectivity index is 0.00000364. The van der Waals surface area contributed by atoms with Crippen LogP contribution < -0.4 is 15.4 Å². The summed E-state index contributed by atoms with van der Waals surface area (Å²) < 4.78 is 25.7. The molecule has 27 heavy (non-hydrogen) atoms. The van der Waals surface area contributed by atoms with Crippen LogP contribution >= 0.6 is 35.6 Å². The third kappa shape index (κ3) is 7.60. The van der Waals surface area contributed by atoms with Gasteiger partial charge in [0.15, 0.2) is 5.96 Å². The molecule has 10 heteroatoms. The highest BCUT2D eigenvalue weighted by Crippen LogP contribution is 2.10. The molecule has 2 aromatic rings. The van der Waals surface area contributed by atoms with E-state index in [1.807, 2.05) is 6.07 Å². The van der Waals surface area contributed by atoms with Crippen LogP contribution in [0.4, 0.5) is 0 Å². The van der Waals surface area contributed by atoms with E-state index in [0.29, 0.717) is 24.2 Å². The number of nitrogens with zero attached hydrogens (tertiary/aromatic N) is 2. The van der Waals surface area contributed by atoms with Crippen molar-refractivity contribution in [3.05, 3.63) is 58.9 Å². The molecule has 0 aliphatic rings. The van der Waals surface area contributed by atoms with Gasteiger partial charge in [-0.05, 0) is 42.8 Å². The highest BCUT2D eigenvalue weighted by molar-refractivity contribution is 14.0. The fourth-order valence-electron chi connectivity index (χ4n) is 2.19. The maximum absolute atomic E-state index is 11.7. The maximum Gasteiger partial charge on any atom is 0.240 e. The molecule has 2 rings (SSSR count). The van der Waals surface area contributed by atoms with Gasteiger partial charge in [-0.1, -0.05) is 29.8 Å². The Labute approximate surface area is 182 Å². The van der Waals surface area contributed by atoms with Gasteiger partial charge in [0.05, 0.1) is 4.90 Å². The van der Waals surface area contributed by atoms with E-state index in [-0.39, 0.29) is 28.9 Å². The molecule has 1 heterocycles. The topological polar surface area (TPSA) is 95.5 Å². The summed E-state index contributed by atoms with van der Waals surface area (Å²) in [5.74, 6) is 0.666. The molecule has 1 aromatic heterocycles. The minimum atomic E-state index is -3.41. The standard InChI is InChI=1S/C17H22ClN5O2S.HI/c1-19-17(21-10-9-14-5-8-16(18)22-11-14)23-12-13-3-6-15(7-4-13)26(24,25)20-2;/h3-8,11,20H,9-10,12H2,1-2H3,(H2,19,21,23);1H. The summed E-state index contributed by atoms with van der Waals surface area (Å²) in [5, 5.41) is 6.89. The lowest BCUT2D eigenvalue weighted by molar-refractivity contribution is 0.588. The average Bonchev–Trinajstić information content (AvgIpc) is 2.66. The SMILES string of the molecule is CN=C(NCCc1ccc(Cl)nc1)NCc1ccc(S(=O)(=O)NC)cc1.I. The first-order valence-electron chi connectivity index (χ1n) is 8.02. The summed E-state index contributed by atoms with van der Waals surface area (Å²) in [6, 6.07) is 10.4. The maximum atomic E-state index is 11.7. The van der Waals surface area contributed by atoms with Gasteiger partial charge < -0.3 is 10.6 Å². The summed E-state index contributed by atoms with van der Waals surface area (Å²) in [6.45, 7) is 1.23. The van der Waals surface area contributed by atoms with Crippen molar-refractivity contribution in [3.63, 3.8) is 0 Å². The number of benzene rings is 1. The molecule has 7 nitrogen and oxygen atoms in total. The van der Waals surface area contributed by atoms with Crippen molar-refractivity contribution in [2.45, 2.75) is 17.9 Å². The van der Waals surface area contributed by atoms with Crippen LogP contribution in [0, 0.1) is 0 Å². The van der Waals surface area contributed by atoms with E-state index < -0.39 is 10.0 Å². The Hall–Kier alpha value is -1.43. The van der Waals surface area contributed by atoms with Crippen molar-refractivity contribution >= 4 is 51.6 Å². The molecule has 0 atom stereocenters. The molecule has 0 fully saturated rings. The van der Waals surface area contributed by atoms with Crippen LogP contribution in [0.5, 0.6) is 0 Å². The normalized spacial score (nSPS) is 11.6. The second-order valence-corrected chi connectivity index (χ2v) is 7.72. The van der Waals surface area contributed by atoms with Gasteiger partial charge >= 0.3 is 0 Å². The number of aliphatic imine (C=N–C) groups is 1.